The van der Waals surface area contributed by atoms with E-state index in [2.05, 4.69) is 18.0 Å². The molecule has 0 radical (unpaired) electrons. The molecule has 6 N–H and O–H groups in total. The molecule has 36 heavy (non-hydrogen) atoms. The summed E-state index contributed by atoms with van der Waals surface area (Å²) in [7, 11) is -3.96. The molecule has 4 aliphatic rings. The highest BCUT2D eigenvalue weighted by atomic mass is 32.2. The van der Waals surface area contributed by atoms with Crippen molar-refractivity contribution < 1.29 is 37.8 Å². The largest absolute Gasteiger partial charge is 0.393 e. The van der Waals surface area contributed by atoms with Crippen LogP contribution < -0.4 is 5.73 Å². The Balaban J connectivity index is 1.50. The first kappa shape index (κ1) is 28.2. The van der Waals surface area contributed by atoms with E-state index in [1.807, 2.05) is 6.92 Å². The Morgan fingerprint density at radius 2 is 1.72 bits per heavy atom. The molecule has 12 atom stereocenters. The molecule has 0 aliphatic heterocycles. The van der Waals surface area contributed by atoms with E-state index >= 15 is 0 Å². The molecule has 0 saturated heterocycles. The minimum absolute atomic E-state index is 0.0323. The number of carbonyl (C=O) groups is 1. The molecule has 0 bridgehead atoms. The highest BCUT2D eigenvalue weighted by Crippen LogP contribution is 2.68. The summed E-state index contributed by atoms with van der Waals surface area (Å²) >= 11 is 0. The van der Waals surface area contributed by atoms with Crippen molar-refractivity contribution >= 4 is 16.1 Å². The highest BCUT2D eigenvalue weighted by Gasteiger charge is 2.67. The summed E-state index contributed by atoms with van der Waals surface area (Å²) in [6, 6.07) is 0. The summed E-state index contributed by atoms with van der Waals surface area (Å²) in [4.78, 5) is 12.2. The molecule has 4 saturated carbocycles. The summed E-state index contributed by atoms with van der Waals surface area (Å²) in [5.74, 6) is -1.28. The fourth-order valence-electron chi connectivity index (χ4n) is 9.09. The molecule has 4 fully saturated rings. The zero-order valence-electron chi connectivity index (χ0n) is 21.8. The van der Waals surface area contributed by atoms with Gasteiger partial charge in [0.15, 0.2) is 0 Å². The molecule has 0 amide bonds. The number of fused-ring (bicyclic) bond motifs is 5. The lowest BCUT2D eigenvalue weighted by atomic mass is 9.42. The van der Waals surface area contributed by atoms with Crippen molar-refractivity contribution in [2.75, 3.05) is 12.3 Å². The van der Waals surface area contributed by atoms with Crippen molar-refractivity contribution in [3.63, 3.8) is 0 Å². The second-order valence-electron chi connectivity index (χ2n) is 12.6. The molecule has 4 aliphatic carbocycles. The van der Waals surface area contributed by atoms with Crippen LogP contribution in [0.2, 0.25) is 0 Å². The molecular weight excluding hydrogens is 486 g/mol. The van der Waals surface area contributed by atoms with Gasteiger partial charge in [-0.25, -0.2) is 0 Å². The lowest BCUT2D eigenvalue weighted by Crippen LogP contribution is -2.66. The zero-order chi connectivity index (χ0) is 26.6. The second-order valence-corrected chi connectivity index (χ2v) is 14.3. The number of carbonyl (C=O) groups excluding carboxylic acids is 1. The van der Waals surface area contributed by atoms with Crippen molar-refractivity contribution in [3.05, 3.63) is 0 Å². The van der Waals surface area contributed by atoms with E-state index < -0.39 is 51.7 Å². The number of rotatable bonds is 7. The Morgan fingerprint density at radius 3 is 2.39 bits per heavy atom. The maximum Gasteiger partial charge on any atom is 0.322 e. The summed E-state index contributed by atoms with van der Waals surface area (Å²) < 4.78 is 28.1. The Kier molecular flexibility index (Phi) is 7.90. The van der Waals surface area contributed by atoms with Gasteiger partial charge >= 0.3 is 16.1 Å². The number of aliphatic hydroxyl groups excluding tert-OH is 4. The Morgan fingerprint density at radius 1 is 1.03 bits per heavy atom. The molecule has 4 rings (SSSR count). The van der Waals surface area contributed by atoms with Crippen molar-refractivity contribution in [2.24, 2.45) is 52.1 Å². The SMILES string of the molecule is C[C@H](CCC(=O)OS(=O)(=O)CCN)[C@H]1CCC2C3C(C[C@H](O)[C@@]21C)[C@@]1(C)CC[C@@H](O)CC1[C@@H](O)[C@H]3O. The monoisotopic (exact) mass is 531 g/mol. The van der Waals surface area contributed by atoms with E-state index in [1.165, 1.54) is 0 Å². The van der Waals surface area contributed by atoms with Crippen LogP contribution in [0, 0.1) is 46.3 Å². The van der Waals surface area contributed by atoms with E-state index in [-0.39, 0.29) is 53.9 Å². The fraction of sp³-hybridized carbons (Fsp3) is 0.962. The fourth-order valence-corrected chi connectivity index (χ4v) is 9.83. The van der Waals surface area contributed by atoms with Crippen LogP contribution in [0.25, 0.3) is 0 Å². The van der Waals surface area contributed by atoms with Gasteiger partial charge in [0, 0.05) is 13.0 Å². The average Bonchev–Trinajstić information content (AvgIpc) is 3.15. The van der Waals surface area contributed by atoms with Crippen molar-refractivity contribution in [1.29, 1.82) is 0 Å². The first-order valence-corrected chi connectivity index (χ1v) is 15.2. The molecule has 9 nitrogen and oxygen atoms in total. The van der Waals surface area contributed by atoms with E-state index in [9.17, 15) is 33.6 Å². The number of hydrogen-bond acceptors (Lipinski definition) is 9. The van der Waals surface area contributed by atoms with Gasteiger partial charge in [-0.3, -0.25) is 4.79 Å². The smallest absolute Gasteiger partial charge is 0.322 e. The summed E-state index contributed by atoms with van der Waals surface area (Å²) in [5.41, 5.74) is 4.54. The first-order valence-electron chi connectivity index (χ1n) is 13.6. The van der Waals surface area contributed by atoms with E-state index in [0.29, 0.717) is 25.7 Å². The van der Waals surface area contributed by atoms with Crippen LogP contribution in [-0.2, 0) is 19.1 Å². The zero-order valence-corrected chi connectivity index (χ0v) is 22.6. The van der Waals surface area contributed by atoms with Crippen LogP contribution in [0.15, 0.2) is 0 Å². The Hall–Kier alpha value is -0.780. The normalized spacial score (nSPS) is 47.4. The standard InChI is InChI=1S/C26H45NO8S/c1-14(4-7-21(30)35-36(33,34)11-10-27)16-5-6-17-22-18(13-20(29)26(16,17)3)25(2)9-8-15(28)12-19(25)23(31)24(22)32/h14-20,22-24,28-29,31-32H,4-13,27H2,1-3H3/t14-,15-,16-,17?,18?,19?,20+,22?,23-,24+,25-,26-/m1/s1. The lowest BCUT2D eigenvalue weighted by molar-refractivity contribution is -0.243. The average molecular weight is 532 g/mol. The third-order valence-corrected chi connectivity index (χ3v) is 12.2. The number of aliphatic hydroxyl groups is 4. The van der Waals surface area contributed by atoms with Crippen LogP contribution in [-0.4, -0.2) is 71.5 Å². The molecule has 4 unspecified atom stereocenters. The maximum absolute atomic E-state index is 12.2. The summed E-state index contributed by atoms with van der Waals surface area (Å²) in [5, 5.41) is 44.4. The van der Waals surface area contributed by atoms with Gasteiger partial charge in [0.25, 0.3) is 0 Å². The van der Waals surface area contributed by atoms with Gasteiger partial charge in [0.2, 0.25) is 0 Å². The maximum atomic E-state index is 12.2. The Bertz CT molecular complexity index is 929. The molecule has 0 aromatic heterocycles. The van der Waals surface area contributed by atoms with Crippen molar-refractivity contribution in [2.45, 2.75) is 96.6 Å². The van der Waals surface area contributed by atoms with Crippen LogP contribution >= 0.6 is 0 Å². The van der Waals surface area contributed by atoms with Gasteiger partial charge < -0.3 is 30.3 Å². The minimum atomic E-state index is -3.96. The molecular formula is C26H45NO8S. The molecule has 0 aromatic rings. The quantitative estimate of drug-likeness (QED) is 0.303. The van der Waals surface area contributed by atoms with Gasteiger partial charge in [-0.1, -0.05) is 20.8 Å². The first-order chi connectivity index (χ1) is 16.8. The van der Waals surface area contributed by atoms with Crippen LogP contribution in [0.1, 0.15) is 72.1 Å². The predicted molar refractivity (Wildman–Crippen MR) is 133 cm³/mol. The molecule has 0 aromatic carbocycles. The van der Waals surface area contributed by atoms with Gasteiger partial charge in [-0.05, 0) is 91.3 Å². The molecule has 10 heteroatoms. The third-order valence-electron chi connectivity index (χ3n) is 11.0. The van der Waals surface area contributed by atoms with Gasteiger partial charge in [-0.15, -0.1) is 0 Å². The van der Waals surface area contributed by atoms with Gasteiger partial charge in [0.05, 0.1) is 30.2 Å². The highest BCUT2D eigenvalue weighted by molar-refractivity contribution is 7.87. The number of nitrogens with two attached hydrogens (primary N) is 1. The van der Waals surface area contributed by atoms with Crippen molar-refractivity contribution in [3.8, 4) is 0 Å². The molecule has 208 valence electrons. The van der Waals surface area contributed by atoms with E-state index in [0.717, 1.165) is 19.3 Å². The van der Waals surface area contributed by atoms with Crippen molar-refractivity contribution in [1.82, 2.24) is 0 Å². The van der Waals surface area contributed by atoms with Crippen LogP contribution in [0.4, 0.5) is 0 Å². The van der Waals surface area contributed by atoms with Crippen LogP contribution in [0.3, 0.4) is 0 Å². The van der Waals surface area contributed by atoms with Crippen LogP contribution in [0.5, 0.6) is 0 Å². The Labute approximate surface area is 214 Å². The lowest BCUT2D eigenvalue weighted by Gasteiger charge is -2.64. The van der Waals surface area contributed by atoms with E-state index in [1.54, 1.807) is 0 Å². The topological polar surface area (TPSA) is 167 Å². The van der Waals surface area contributed by atoms with Gasteiger partial charge in [0.1, 0.15) is 0 Å². The summed E-state index contributed by atoms with van der Waals surface area (Å²) in [6.07, 6.45) is 1.71. The van der Waals surface area contributed by atoms with Gasteiger partial charge in [-0.2, -0.15) is 8.42 Å². The molecule has 0 spiro atoms. The summed E-state index contributed by atoms with van der Waals surface area (Å²) in [6.45, 7) is 6.18. The third kappa shape index (κ3) is 4.64. The molecule has 0 heterocycles. The predicted octanol–water partition coefficient (Wildman–Crippen LogP) is 1.17. The minimum Gasteiger partial charge on any atom is -0.393 e. The van der Waals surface area contributed by atoms with E-state index in [4.69, 9.17) is 5.73 Å². The second kappa shape index (κ2) is 10.1. The number of hydrogen-bond donors (Lipinski definition) is 5.